The van der Waals surface area contributed by atoms with Crippen LogP contribution in [0.2, 0.25) is 0 Å². The number of azo groups is 2. The number of nitrogens with two attached hydrogens (primary N) is 2. The van der Waals surface area contributed by atoms with Gasteiger partial charge in [0.2, 0.25) is 5.95 Å². The molecular weight excluding hydrogens is 1350 g/mol. The molecule has 0 atom stereocenters. The summed E-state index contributed by atoms with van der Waals surface area (Å²) < 4.78 is 2.67. The van der Waals surface area contributed by atoms with E-state index in [-0.39, 0.29) is 395 Å². The van der Waals surface area contributed by atoms with Gasteiger partial charge in [0.15, 0.2) is 31.7 Å². The van der Waals surface area contributed by atoms with Crippen molar-refractivity contribution in [2.75, 3.05) is 16.8 Å². The minimum Gasteiger partial charge on any atom is -0.545 e. The average Bonchev–Trinajstić information content (AvgIpc) is 3.71. The summed E-state index contributed by atoms with van der Waals surface area (Å²) in [4.78, 5) is 84.2. The molecule has 0 aliphatic heterocycles. The van der Waals surface area contributed by atoms with Crippen molar-refractivity contribution in [3.63, 3.8) is 0 Å². The van der Waals surface area contributed by atoms with E-state index in [1.807, 2.05) is 0 Å². The van der Waals surface area contributed by atoms with E-state index in [0.717, 1.165) is 98.0 Å². The molecule has 404 valence electrons. The number of nitrogen functional groups attached to an aromatic ring is 2. The summed E-state index contributed by atoms with van der Waals surface area (Å²) in [6.07, 6.45) is 0. The molecule has 5 heterocycles. The summed E-state index contributed by atoms with van der Waals surface area (Å²) >= 11 is 3.77. The quantitative estimate of drug-likeness (QED) is 0.0530. The van der Waals surface area contributed by atoms with Gasteiger partial charge in [-0.1, -0.05) is 99.9 Å². The van der Waals surface area contributed by atoms with E-state index in [2.05, 4.69) is 61.1 Å². The summed E-state index contributed by atoms with van der Waals surface area (Å²) in [7, 11) is 0. The van der Waals surface area contributed by atoms with Crippen LogP contribution in [0, 0.1) is 0 Å². The van der Waals surface area contributed by atoms with Crippen molar-refractivity contribution in [2.45, 2.75) is 70.8 Å². The van der Waals surface area contributed by atoms with Crippen LogP contribution in [-0.4, -0.2) is 90.7 Å². The van der Waals surface area contributed by atoms with Gasteiger partial charge in [-0.25, -0.2) is 0 Å². The summed E-state index contributed by atoms with van der Waals surface area (Å²) in [5, 5.41) is 116. The van der Waals surface area contributed by atoms with Gasteiger partial charge in [0, 0.05) is 48.6 Å². The molecule has 3 aromatic carbocycles. The third-order valence-electron chi connectivity index (χ3n) is 10.4. The van der Waals surface area contributed by atoms with E-state index >= 15 is 0 Å². The molecule has 0 radical (unpaired) electrons. The second-order valence-corrected chi connectivity index (χ2v) is 22.7. The van der Waals surface area contributed by atoms with Crippen molar-refractivity contribution < 1.29 is 368 Å². The number of nitrogens with one attached hydrogen (secondary N) is 1. The normalized spacial score (nSPS) is 11.0. The molecule has 0 saturated heterocycles. The Balaban J connectivity index is 0.00000411. The number of benzene rings is 3. The Morgan fingerprint density at radius 1 is 0.494 bits per heavy atom. The van der Waals surface area contributed by atoms with Gasteiger partial charge in [-0.15, -0.1) is 40.9 Å². The van der Waals surface area contributed by atoms with Gasteiger partial charge in [-0.05, 0) is 53.6 Å². The Kier molecular flexibility index (Phi) is 33.3. The molecule has 8 aromatic rings. The minimum atomic E-state index is -1.73. The van der Waals surface area contributed by atoms with Crippen LogP contribution in [-0.2, 0) is 10.8 Å². The summed E-state index contributed by atoms with van der Waals surface area (Å²) in [5.41, 5.74) is 8.83. The number of aromatic carboxylic acids is 6. The standard InChI is InChI=1S/C45H38N18O12S4.6K/c1-44(2,3)27-25(52-54-40-56-58-42(78-40)76-19-7-9-21(33(68)69)23(14-19)35(72)73)29(46)62(60-27)38-49-37(48-18-12-16(31(64)65)11-17(13-18)32(66)67)50-39(51-38)63-30(47)26(28(61-63)45(4,5)6)53-55-41-57-59-43(79-41)77-20-8-10-22(34(70)71)24(15-20)36(74)75;;;;;;/h7-15H,46-47H2,1-6H3,(H,64,65)(H,66,67)(H,68,69)(H,70,71)(H,72,73)(H,74,75)(H,48,49,50,51);;;;;;/q;6*+1/p-6. The molecule has 0 amide bonds. The molecule has 30 nitrogen and oxygen atoms in total. The number of carbonyl (C=O) groups excluding carboxylic acids is 6. The molecule has 5 aromatic heterocycles. The van der Waals surface area contributed by atoms with E-state index in [0.29, 0.717) is 0 Å². The van der Waals surface area contributed by atoms with Crippen molar-refractivity contribution in [2.24, 2.45) is 20.5 Å². The Bertz CT molecular complexity index is 3690. The van der Waals surface area contributed by atoms with Gasteiger partial charge in [-0.2, -0.15) is 34.5 Å². The second kappa shape index (κ2) is 34.9. The molecule has 5 N–H and O–H groups in total. The molecule has 0 bridgehead atoms. The number of aromatic nitrogens is 11. The Hall–Kier alpha value is 0.148. The first kappa shape index (κ1) is 81.2. The maximum absolute atomic E-state index is 12.0. The predicted molar refractivity (Wildman–Crippen MR) is 265 cm³/mol. The number of hydrogen-bond donors (Lipinski definition) is 3. The van der Waals surface area contributed by atoms with Crippen LogP contribution in [0.25, 0.3) is 11.9 Å². The molecule has 85 heavy (non-hydrogen) atoms. The number of nitrogens with zero attached hydrogens (tertiary/aromatic N) is 15. The molecule has 40 heteroatoms. The van der Waals surface area contributed by atoms with E-state index in [1.165, 1.54) is 12.1 Å². The van der Waals surface area contributed by atoms with Gasteiger partial charge in [0.1, 0.15) is 0 Å². The smallest absolute Gasteiger partial charge is 0.545 e. The van der Waals surface area contributed by atoms with Crippen LogP contribution in [0.1, 0.15) is 115 Å². The van der Waals surface area contributed by atoms with Crippen molar-refractivity contribution in [1.82, 2.24) is 54.9 Å². The molecular formula is C45H32K6N18O12S4. The van der Waals surface area contributed by atoms with Crippen LogP contribution in [0.3, 0.4) is 0 Å². The fourth-order valence-corrected chi connectivity index (χ4v) is 10.2. The van der Waals surface area contributed by atoms with Crippen LogP contribution in [0.4, 0.5) is 44.9 Å². The van der Waals surface area contributed by atoms with Crippen molar-refractivity contribution in [3.8, 4) is 11.9 Å². The maximum atomic E-state index is 12.0. The SMILES string of the molecule is CC(C)(C)c1nn(-c2nc(Nc3cc(C(=O)[O-])cc(C(=O)[O-])c3)nc(-n3nc(C(C)(C)C)c(N=Nc4nnc(Sc5ccc(C(=O)[O-])c(C(=O)[O-])c5)s4)c3N)n2)c(N)c1N=Nc1nnc(Sc2ccc(C(=O)[O-])c(C(=O)[O-])c2)s1.[K+].[K+].[K+].[K+].[K+].[K+]. The second-order valence-electron chi connectivity index (χ2n) is 18.1. The minimum absolute atomic E-state index is 0. The van der Waals surface area contributed by atoms with E-state index < -0.39 is 80.0 Å². The van der Waals surface area contributed by atoms with Crippen LogP contribution in [0.5, 0.6) is 0 Å². The van der Waals surface area contributed by atoms with Crippen molar-refractivity contribution in [1.29, 1.82) is 0 Å². The van der Waals surface area contributed by atoms with Gasteiger partial charge < -0.3 is 76.2 Å². The summed E-state index contributed by atoms with van der Waals surface area (Å²) in [6.45, 7) is 10.7. The van der Waals surface area contributed by atoms with Gasteiger partial charge in [0.25, 0.3) is 22.2 Å². The molecule has 0 spiro atoms. The Morgan fingerprint density at radius 2 is 0.859 bits per heavy atom. The zero-order valence-electron chi connectivity index (χ0n) is 47.1. The van der Waals surface area contributed by atoms with E-state index in [9.17, 15) is 59.4 Å². The first-order valence-corrected chi connectivity index (χ1v) is 25.3. The number of rotatable bonds is 18. The number of hydrogen-bond acceptors (Lipinski definition) is 32. The zero-order chi connectivity index (χ0) is 57.4. The monoisotopic (exact) mass is 1380 g/mol. The number of carboxylic acids is 6. The number of carboxylic acid groups (broad SMARTS) is 6. The van der Waals surface area contributed by atoms with Gasteiger partial charge >= 0.3 is 308 Å². The summed E-state index contributed by atoms with van der Waals surface area (Å²) in [6, 6.07) is 9.91. The van der Waals surface area contributed by atoms with Crippen LogP contribution in [0.15, 0.2) is 93.5 Å². The molecule has 0 fully saturated rings. The average molecular weight is 1380 g/mol. The topological polar surface area (TPSA) is 480 Å². The Morgan fingerprint density at radius 3 is 1.19 bits per heavy atom. The van der Waals surface area contributed by atoms with Crippen molar-refractivity contribution >= 4 is 127 Å². The third kappa shape index (κ3) is 20.6. The fourth-order valence-electron chi connectivity index (χ4n) is 6.84. The third-order valence-corrected chi connectivity index (χ3v) is 14.1. The first-order valence-electron chi connectivity index (χ1n) is 22.0. The largest absolute Gasteiger partial charge is 1.00 e. The molecule has 0 aliphatic rings. The van der Waals surface area contributed by atoms with E-state index in [1.54, 1.807) is 41.5 Å². The van der Waals surface area contributed by atoms with Crippen LogP contribution >= 0.6 is 46.2 Å². The first-order chi connectivity index (χ1) is 37.1. The van der Waals surface area contributed by atoms with Gasteiger partial charge in [-0.3, -0.25) is 0 Å². The molecule has 0 aliphatic carbocycles. The zero-order valence-corrected chi connectivity index (χ0v) is 69.1. The van der Waals surface area contributed by atoms with Crippen LogP contribution < -0.4 is 356 Å². The van der Waals surface area contributed by atoms with E-state index in [4.69, 9.17) is 21.7 Å². The molecule has 8 rings (SSSR count). The van der Waals surface area contributed by atoms with Gasteiger partial charge in [0.05, 0.1) is 47.2 Å². The fraction of sp³-hybridized carbons (Fsp3) is 0.178. The number of carbonyl (C=O) groups is 6. The maximum Gasteiger partial charge on any atom is 1.00 e. The molecule has 0 saturated carbocycles. The van der Waals surface area contributed by atoms with Crippen molar-refractivity contribution in [3.05, 3.63) is 99.4 Å². The number of anilines is 4. The molecule has 0 unspecified atom stereocenters. The Labute approximate surface area is 752 Å². The predicted octanol–water partition coefficient (Wildman–Crippen LogP) is -17.2. The summed E-state index contributed by atoms with van der Waals surface area (Å²) in [5.74, 6) is -11.7.